The number of amides is 1. The molecule has 1 saturated carbocycles. The summed E-state index contributed by atoms with van der Waals surface area (Å²) in [5, 5.41) is 2.95. The average molecular weight is 374 g/mol. The summed E-state index contributed by atoms with van der Waals surface area (Å²) in [6, 6.07) is 5.82. The Hall–Kier alpha value is -0.820. The molecule has 0 heterocycles. The lowest BCUT2D eigenvalue weighted by Crippen LogP contribution is -2.19. The van der Waals surface area contributed by atoms with E-state index in [1.165, 1.54) is 0 Å². The predicted molar refractivity (Wildman–Crippen MR) is 84.6 cm³/mol. The Morgan fingerprint density at radius 2 is 2.16 bits per heavy atom. The first-order valence-corrected chi connectivity index (χ1v) is 7.51. The van der Waals surface area contributed by atoms with Crippen molar-refractivity contribution in [3.05, 3.63) is 21.8 Å². The van der Waals surface area contributed by atoms with E-state index in [9.17, 15) is 4.79 Å². The van der Waals surface area contributed by atoms with E-state index >= 15 is 0 Å². The molecule has 1 aliphatic rings. The number of likely N-dealkylation sites (N-methyl/N-ethyl adjacent to an activating group) is 1. The van der Waals surface area contributed by atoms with Gasteiger partial charge in [-0.25, -0.2) is 0 Å². The Labute approximate surface area is 127 Å². The number of anilines is 1. The van der Waals surface area contributed by atoms with Gasteiger partial charge >= 0.3 is 0 Å². The Morgan fingerprint density at radius 1 is 1.42 bits per heavy atom. The number of rotatable bonds is 6. The normalized spacial score (nSPS) is 14.5. The molecular weight excluding hydrogens is 355 g/mol. The highest BCUT2D eigenvalue weighted by molar-refractivity contribution is 14.1. The minimum absolute atomic E-state index is 0.126. The minimum Gasteiger partial charge on any atom is -0.492 e. The van der Waals surface area contributed by atoms with Crippen LogP contribution in [0.2, 0.25) is 0 Å². The van der Waals surface area contributed by atoms with E-state index < -0.39 is 0 Å². The van der Waals surface area contributed by atoms with E-state index in [-0.39, 0.29) is 11.8 Å². The second-order valence-electron chi connectivity index (χ2n) is 5.09. The second-order valence-corrected chi connectivity index (χ2v) is 6.34. The maximum absolute atomic E-state index is 11.7. The lowest BCUT2D eigenvalue weighted by molar-refractivity contribution is -0.117. The third kappa shape index (κ3) is 4.99. The van der Waals surface area contributed by atoms with Crippen LogP contribution in [0.1, 0.15) is 12.8 Å². The second kappa shape index (κ2) is 6.56. The van der Waals surface area contributed by atoms with Crippen molar-refractivity contribution in [3.8, 4) is 5.75 Å². The molecule has 1 aromatic rings. The summed E-state index contributed by atoms with van der Waals surface area (Å²) in [5.74, 6) is 1.15. The van der Waals surface area contributed by atoms with Crippen molar-refractivity contribution in [2.45, 2.75) is 12.8 Å². The summed E-state index contributed by atoms with van der Waals surface area (Å²) in [4.78, 5) is 13.8. The van der Waals surface area contributed by atoms with E-state index in [2.05, 4.69) is 32.8 Å². The number of hydrogen-bond donors (Lipinski definition) is 1. The first-order valence-electron chi connectivity index (χ1n) is 6.43. The van der Waals surface area contributed by atoms with Gasteiger partial charge in [0.2, 0.25) is 5.91 Å². The van der Waals surface area contributed by atoms with Gasteiger partial charge in [-0.2, -0.15) is 0 Å². The van der Waals surface area contributed by atoms with Crippen molar-refractivity contribution in [3.63, 3.8) is 0 Å². The topological polar surface area (TPSA) is 41.6 Å². The molecule has 4 nitrogen and oxygen atoms in total. The Kier molecular flexibility index (Phi) is 5.04. The van der Waals surface area contributed by atoms with E-state index in [1.807, 2.05) is 32.3 Å². The molecule has 104 valence electrons. The van der Waals surface area contributed by atoms with Gasteiger partial charge in [-0.05, 0) is 61.7 Å². The standard InChI is InChI=1S/C14H19IN2O2/c1-17(2)5-6-19-13-8-11(15)7-12(9-13)16-14(18)10-3-4-10/h7-10H,3-6H2,1-2H3,(H,16,18). The number of ether oxygens (including phenoxy) is 1. The summed E-state index contributed by atoms with van der Waals surface area (Å²) in [6.07, 6.45) is 2.03. The predicted octanol–water partition coefficient (Wildman–Crippen LogP) is 2.58. The van der Waals surface area contributed by atoms with E-state index in [0.717, 1.165) is 34.4 Å². The lowest BCUT2D eigenvalue weighted by atomic mass is 10.3. The quantitative estimate of drug-likeness (QED) is 0.779. The molecule has 19 heavy (non-hydrogen) atoms. The van der Waals surface area contributed by atoms with Crippen LogP contribution in [0.25, 0.3) is 0 Å². The van der Waals surface area contributed by atoms with Crippen molar-refractivity contribution in [2.24, 2.45) is 5.92 Å². The Morgan fingerprint density at radius 3 is 2.79 bits per heavy atom. The third-order valence-electron chi connectivity index (χ3n) is 2.89. The van der Waals surface area contributed by atoms with E-state index in [1.54, 1.807) is 0 Å². The molecule has 1 fully saturated rings. The van der Waals surface area contributed by atoms with Gasteiger partial charge in [-0.3, -0.25) is 4.79 Å². The SMILES string of the molecule is CN(C)CCOc1cc(I)cc(NC(=O)C2CC2)c1. The Balaban J connectivity index is 1.95. The molecule has 5 heteroatoms. The number of hydrogen-bond acceptors (Lipinski definition) is 3. The largest absolute Gasteiger partial charge is 0.492 e. The van der Waals surface area contributed by atoms with Gasteiger partial charge in [-0.15, -0.1) is 0 Å². The van der Waals surface area contributed by atoms with Crippen molar-refractivity contribution >= 4 is 34.2 Å². The fourth-order valence-corrected chi connectivity index (χ4v) is 2.30. The van der Waals surface area contributed by atoms with Crippen LogP contribution in [-0.4, -0.2) is 38.1 Å². The van der Waals surface area contributed by atoms with Gasteiger partial charge in [-0.1, -0.05) is 0 Å². The Bertz CT molecular complexity index is 459. The molecule has 1 amide bonds. The zero-order chi connectivity index (χ0) is 13.8. The number of nitrogens with one attached hydrogen (secondary N) is 1. The average Bonchev–Trinajstić information content (AvgIpc) is 3.11. The third-order valence-corrected chi connectivity index (χ3v) is 3.52. The molecular formula is C14H19IN2O2. The van der Waals surface area contributed by atoms with Gasteiger partial charge in [0.1, 0.15) is 12.4 Å². The van der Waals surface area contributed by atoms with Crippen LogP contribution in [-0.2, 0) is 4.79 Å². The lowest BCUT2D eigenvalue weighted by Gasteiger charge is -2.12. The number of carbonyl (C=O) groups is 1. The highest BCUT2D eigenvalue weighted by atomic mass is 127. The summed E-state index contributed by atoms with van der Waals surface area (Å²) in [6.45, 7) is 1.51. The molecule has 1 aromatic carbocycles. The number of halogens is 1. The van der Waals surface area contributed by atoms with Gasteiger partial charge in [0.05, 0.1) is 0 Å². The highest BCUT2D eigenvalue weighted by Gasteiger charge is 2.29. The maximum atomic E-state index is 11.7. The molecule has 0 unspecified atom stereocenters. The van der Waals surface area contributed by atoms with Crippen LogP contribution in [0.3, 0.4) is 0 Å². The van der Waals surface area contributed by atoms with Crippen molar-refractivity contribution < 1.29 is 9.53 Å². The van der Waals surface area contributed by atoms with Crippen molar-refractivity contribution in [1.29, 1.82) is 0 Å². The van der Waals surface area contributed by atoms with Gasteiger partial charge in [0.25, 0.3) is 0 Å². The van der Waals surface area contributed by atoms with Crippen LogP contribution in [0, 0.1) is 9.49 Å². The molecule has 0 saturated heterocycles. The zero-order valence-corrected chi connectivity index (χ0v) is 13.4. The maximum Gasteiger partial charge on any atom is 0.227 e. The molecule has 0 spiro atoms. The molecule has 0 aliphatic heterocycles. The summed E-state index contributed by atoms with van der Waals surface area (Å²) in [5.41, 5.74) is 0.823. The minimum atomic E-state index is 0.126. The molecule has 0 radical (unpaired) electrons. The van der Waals surface area contributed by atoms with Gasteiger partial charge in [0.15, 0.2) is 0 Å². The van der Waals surface area contributed by atoms with Crippen LogP contribution < -0.4 is 10.1 Å². The van der Waals surface area contributed by atoms with Gasteiger partial charge < -0.3 is 15.0 Å². The zero-order valence-electron chi connectivity index (χ0n) is 11.3. The van der Waals surface area contributed by atoms with Crippen molar-refractivity contribution in [1.82, 2.24) is 4.90 Å². The first-order chi connectivity index (χ1) is 9.04. The van der Waals surface area contributed by atoms with Crippen LogP contribution in [0.4, 0.5) is 5.69 Å². The summed E-state index contributed by atoms with van der Waals surface area (Å²) >= 11 is 2.23. The number of benzene rings is 1. The molecule has 0 atom stereocenters. The highest BCUT2D eigenvalue weighted by Crippen LogP contribution is 2.31. The first kappa shape index (κ1) is 14.6. The van der Waals surface area contributed by atoms with E-state index in [0.29, 0.717) is 6.61 Å². The number of nitrogens with zero attached hydrogens (tertiary/aromatic N) is 1. The molecule has 0 bridgehead atoms. The van der Waals surface area contributed by atoms with Crippen LogP contribution >= 0.6 is 22.6 Å². The van der Waals surface area contributed by atoms with E-state index in [4.69, 9.17) is 4.74 Å². The van der Waals surface area contributed by atoms with Crippen LogP contribution in [0.15, 0.2) is 18.2 Å². The molecule has 2 rings (SSSR count). The summed E-state index contributed by atoms with van der Waals surface area (Å²) < 4.78 is 6.76. The molecule has 1 N–H and O–H groups in total. The fourth-order valence-electron chi connectivity index (χ4n) is 1.65. The fraction of sp³-hybridized carbons (Fsp3) is 0.500. The van der Waals surface area contributed by atoms with Crippen molar-refractivity contribution in [2.75, 3.05) is 32.6 Å². The van der Waals surface area contributed by atoms with Gasteiger partial charge in [0, 0.05) is 27.8 Å². The molecule has 0 aromatic heterocycles. The monoisotopic (exact) mass is 374 g/mol. The summed E-state index contributed by atoms with van der Waals surface area (Å²) in [7, 11) is 4.03. The molecule has 1 aliphatic carbocycles. The number of carbonyl (C=O) groups excluding carboxylic acids is 1. The smallest absolute Gasteiger partial charge is 0.227 e. The van der Waals surface area contributed by atoms with Crippen LogP contribution in [0.5, 0.6) is 5.75 Å².